The molecule has 21 heavy (non-hydrogen) atoms. The highest BCUT2D eigenvalue weighted by Crippen LogP contribution is 2.29. The smallest absolute Gasteiger partial charge is 0.283 e. The maximum absolute atomic E-state index is 6.10. The molecule has 0 spiro atoms. The summed E-state index contributed by atoms with van der Waals surface area (Å²) < 4.78 is 16.0. The third-order valence-electron chi connectivity index (χ3n) is 2.51. The minimum absolute atomic E-state index is 0.341. The molecular weight excluding hydrogens is 312 g/mol. The van der Waals surface area contributed by atoms with E-state index in [4.69, 9.17) is 25.6 Å². The highest BCUT2D eigenvalue weighted by Gasteiger charge is 2.19. The molecule has 114 valence electrons. The normalized spacial score (nSPS) is 11.2. The fraction of sp³-hybridized carbons (Fsp3) is 0.429. The van der Waals surface area contributed by atoms with Crippen LogP contribution in [0.5, 0.6) is 0 Å². The molecule has 0 saturated carbocycles. The zero-order chi connectivity index (χ0) is 15.1. The molecule has 1 heterocycles. The van der Waals surface area contributed by atoms with Gasteiger partial charge in [-0.05, 0) is 26.0 Å². The van der Waals surface area contributed by atoms with E-state index in [1.807, 2.05) is 38.1 Å². The highest BCUT2D eigenvalue weighted by atomic mass is 35.5. The molecule has 0 saturated heterocycles. The molecular formula is C14H17ClN2O3S. The quantitative estimate of drug-likeness (QED) is 0.537. The van der Waals surface area contributed by atoms with Gasteiger partial charge in [0.15, 0.2) is 5.82 Å². The van der Waals surface area contributed by atoms with Crippen LogP contribution < -0.4 is 0 Å². The lowest BCUT2D eigenvalue weighted by atomic mass is 10.4. The molecule has 1 aromatic heterocycles. The van der Waals surface area contributed by atoms with Crippen LogP contribution in [0.4, 0.5) is 0 Å². The number of rotatable bonds is 8. The second-order valence-electron chi connectivity index (χ2n) is 4.01. The Morgan fingerprint density at radius 2 is 1.95 bits per heavy atom. The standard InChI is InChI=1S/C14H17ClN2O3S/c1-3-18-14(19-4-2)13-16-12(17-20-13)9-21-11-8-6-5-7-10(11)15/h5-8,14H,3-4,9H2,1-2H3. The summed E-state index contributed by atoms with van der Waals surface area (Å²) in [5.74, 6) is 1.49. The van der Waals surface area contributed by atoms with E-state index in [2.05, 4.69) is 10.1 Å². The lowest BCUT2D eigenvalue weighted by Gasteiger charge is -2.11. The van der Waals surface area contributed by atoms with Gasteiger partial charge in [-0.15, -0.1) is 11.8 Å². The van der Waals surface area contributed by atoms with Crippen LogP contribution in [0.25, 0.3) is 0 Å². The van der Waals surface area contributed by atoms with E-state index in [9.17, 15) is 0 Å². The summed E-state index contributed by atoms with van der Waals surface area (Å²) in [4.78, 5) is 5.28. The molecule has 0 aliphatic heterocycles. The second kappa shape index (κ2) is 8.38. The van der Waals surface area contributed by atoms with Crippen molar-refractivity contribution >= 4 is 23.4 Å². The van der Waals surface area contributed by atoms with Crippen LogP contribution in [0.15, 0.2) is 33.7 Å². The predicted molar refractivity (Wildman–Crippen MR) is 81.3 cm³/mol. The number of aromatic nitrogens is 2. The molecule has 0 radical (unpaired) electrons. The first-order valence-corrected chi connectivity index (χ1v) is 8.04. The van der Waals surface area contributed by atoms with Gasteiger partial charge < -0.3 is 14.0 Å². The molecule has 1 aromatic carbocycles. The Labute approximate surface area is 133 Å². The van der Waals surface area contributed by atoms with Crippen LogP contribution in [0.2, 0.25) is 5.02 Å². The average molecular weight is 329 g/mol. The molecule has 0 bridgehead atoms. The Balaban J connectivity index is 1.98. The first kappa shape index (κ1) is 16.3. The van der Waals surface area contributed by atoms with Crippen molar-refractivity contribution in [1.29, 1.82) is 0 Å². The van der Waals surface area contributed by atoms with E-state index < -0.39 is 6.29 Å². The van der Waals surface area contributed by atoms with Gasteiger partial charge in [0.2, 0.25) is 6.29 Å². The van der Waals surface area contributed by atoms with Gasteiger partial charge in [0.1, 0.15) is 0 Å². The topological polar surface area (TPSA) is 57.4 Å². The predicted octanol–water partition coefficient (Wildman–Crippen LogP) is 4.09. The van der Waals surface area contributed by atoms with E-state index >= 15 is 0 Å². The number of halogens is 1. The Bertz CT molecular complexity index is 559. The molecule has 0 fully saturated rings. The summed E-state index contributed by atoms with van der Waals surface area (Å²) in [6.07, 6.45) is -0.605. The van der Waals surface area contributed by atoms with Crippen molar-refractivity contribution in [3.8, 4) is 0 Å². The van der Waals surface area contributed by atoms with Crippen molar-refractivity contribution in [1.82, 2.24) is 10.1 Å². The molecule has 0 aliphatic rings. The minimum Gasteiger partial charge on any atom is -0.345 e. The molecule has 0 aliphatic carbocycles. The van der Waals surface area contributed by atoms with Crippen molar-refractivity contribution < 1.29 is 14.0 Å². The fourth-order valence-corrected chi connectivity index (χ4v) is 2.70. The molecule has 2 aromatic rings. The number of benzene rings is 1. The number of thioether (sulfide) groups is 1. The van der Waals surface area contributed by atoms with Crippen molar-refractivity contribution in [2.45, 2.75) is 30.8 Å². The van der Waals surface area contributed by atoms with Gasteiger partial charge in [0, 0.05) is 18.1 Å². The highest BCUT2D eigenvalue weighted by molar-refractivity contribution is 7.98. The van der Waals surface area contributed by atoms with Crippen LogP contribution in [0.1, 0.15) is 31.9 Å². The van der Waals surface area contributed by atoms with E-state index in [-0.39, 0.29) is 0 Å². The summed E-state index contributed by atoms with van der Waals surface area (Å²) in [5.41, 5.74) is 0. The van der Waals surface area contributed by atoms with Crippen molar-refractivity contribution in [2.24, 2.45) is 0 Å². The summed E-state index contributed by atoms with van der Waals surface area (Å²) in [7, 11) is 0. The molecule has 0 atom stereocenters. The van der Waals surface area contributed by atoms with Crippen molar-refractivity contribution in [3.05, 3.63) is 41.0 Å². The fourth-order valence-electron chi connectivity index (χ4n) is 1.62. The average Bonchev–Trinajstić information content (AvgIpc) is 2.95. The minimum atomic E-state index is -0.605. The Kier molecular flexibility index (Phi) is 6.50. The van der Waals surface area contributed by atoms with Gasteiger partial charge in [-0.25, -0.2) is 0 Å². The van der Waals surface area contributed by atoms with E-state index in [0.29, 0.717) is 35.7 Å². The third kappa shape index (κ3) is 4.71. The lowest BCUT2D eigenvalue weighted by molar-refractivity contribution is -0.155. The van der Waals surface area contributed by atoms with Gasteiger partial charge in [-0.3, -0.25) is 0 Å². The van der Waals surface area contributed by atoms with Crippen molar-refractivity contribution in [3.63, 3.8) is 0 Å². The third-order valence-corrected chi connectivity index (χ3v) is 4.03. The molecule has 5 nitrogen and oxygen atoms in total. The summed E-state index contributed by atoms with van der Waals surface area (Å²) >= 11 is 7.66. The monoisotopic (exact) mass is 328 g/mol. The summed E-state index contributed by atoms with van der Waals surface area (Å²) in [5, 5.41) is 4.65. The van der Waals surface area contributed by atoms with Crippen LogP contribution in [-0.4, -0.2) is 23.4 Å². The lowest BCUT2D eigenvalue weighted by Crippen LogP contribution is -2.09. The first-order valence-electron chi connectivity index (χ1n) is 6.67. The maximum Gasteiger partial charge on any atom is 0.283 e. The summed E-state index contributed by atoms with van der Waals surface area (Å²) in [6.45, 7) is 4.79. The second-order valence-corrected chi connectivity index (χ2v) is 5.43. The molecule has 2 rings (SSSR count). The van der Waals surface area contributed by atoms with Crippen LogP contribution in [-0.2, 0) is 15.2 Å². The van der Waals surface area contributed by atoms with Gasteiger partial charge in [0.05, 0.1) is 10.8 Å². The van der Waals surface area contributed by atoms with Crippen LogP contribution >= 0.6 is 23.4 Å². The van der Waals surface area contributed by atoms with Crippen molar-refractivity contribution in [2.75, 3.05) is 13.2 Å². The van der Waals surface area contributed by atoms with Gasteiger partial charge in [-0.2, -0.15) is 4.98 Å². The number of hydrogen-bond donors (Lipinski definition) is 0. The first-order chi connectivity index (χ1) is 10.2. The maximum atomic E-state index is 6.10. The Hall–Kier alpha value is -1.08. The van der Waals surface area contributed by atoms with Gasteiger partial charge in [0.25, 0.3) is 5.89 Å². The molecule has 7 heteroatoms. The SMILES string of the molecule is CCOC(OCC)c1nc(CSc2ccccc2Cl)no1. The molecule has 0 unspecified atom stereocenters. The number of hydrogen-bond acceptors (Lipinski definition) is 6. The molecule has 0 amide bonds. The number of ether oxygens (including phenoxy) is 2. The van der Waals surface area contributed by atoms with E-state index in [1.165, 1.54) is 0 Å². The largest absolute Gasteiger partial charge is 0.345 e. The molecule has 0 N–H and O–H groups in total. The Morgan fingerprint density at radius 3 is 2.62 bits per heavy atom. The number of nitrogens with zero attached hydrogens (tertiary/aromatic N) is 2. The summed E-state index contributed by atoms with van der Waals surface area (Å²) in [6, 6.07) is 7.65. The van der Waals surface area contributed by atoms with Gasteiger partial charge >= 0.3 is 0 Å². The van der Waals surface area contributed by atoms with Gasteiger partial charge in [-0.1, -0.05) is 28.9 Å². The van der Waals surface area contributed by atoms with Crippen LogP contribution in [0, 0.1) is 0 Å². The van der Waals surface area contributed by atoms with E-state index in [1.54, 1.807) is 11.8 Å². The van der Waals surface area contributed by atoms with E-state index in [0.717, 1.165) is 4.90 Å². The zero-order valence-corrected chi connectivity index (χ0v) is 13.5. The van der Waals surface area contributed by atoms with Crippen LogP contribution in [0.3, 0.4) is 0 Å². The zero-order valence-electron chi connectivity index (χ0n) is 11.9. The Morgan fingerprint density at radius 1 is 1.24 bits per heavy atom.